The smallest absolute Gasteiger partial charge is 0.254 e. The Bertz CT molecular complexity index is 1050. The highest BCUT2D eigenvalue weighted by Crippen LogP contribution is 2.30. The Balaban J connectivity index is 1.43. The van der Waals surface area contributed by atoms with Gasteiger partial charge in [-0.1, -0.05) is 23.8 Å². The van der Waals surface area contributed by atoms with Crippen molar-refractivity contribution in [2.45, 2.75) is 59.7 Å². The summed E-state index contributed by atoms with van der Waals surface area (Å²) in [6, 6.07) is 12.4. The molecule has 1 aliphatic rings. The van der Waals surface area contributed by atoms with Gasteiger partial charge in [-0.2, -0.15) is 0 Å². The molecule has 156 valence electrons. The van der Waals surface area contributed by atoms with Crippen molar-refractivity contribution in [1.82, 2.24) is 9.88 Å². The van der Waals surface area contributed by atoms with E-state index < -0.39 is 0 Å². The van der Waals surface area contributed by atoms with Crippen molar-refractivity contribution in [3.63, 3.8) is 0 Å². The van der Waals surface area contributed by atoms with E-state index in [1.807, 2.05) is 41.5 Å². The lowest BCUT2D eigenvalue weighted by Crippen LogP contribution is -2.32. The first kappa shape index (κ1) is 20.6. The molecule has 1 fully saturated rings. The second-order valence-corrected chi connectivity index (χ2v) is 9.20. The molecule has 0 spiro atoms. The number of thiazole rings is 1. The Labute approximate surface area is 182 Å². The molecular weight excluding hydrogens is 392 g/mol. The van der Waals surface area contributed by atoms with Crippen molar-refractivity contribution >= 4 is 17.2 Å². The zero-order valence-corrected chi connectivity index (χ0v) is 18.9. The number of amides is 1. The average Bonchev–Trinajstić information content (AvgIpc) is 3.47. The molecule has 3 aromatic rings. The van der Waals surface area contributed by atoms with E-state index in [9.17, 15) is 4.79 Å². The van der Waals surface area contributed by atoms with Gasteiger partial charge in [0.1, 0.15) is 17.4 Å². The van der Waals surface area contributed by atoms with E-state index in [0.29, 0.717) is 19.2 Å². The summed E-state index contributed by atoms with van der Waals surface area (Å²) in [7, 11) is 0. The van der Waals surface area contributed by atoms with Gasteiger partial charge >= 0.3 is 0 Å². The van der Waals surface area contributed by atoms with Gasteiger partial charge < -0.3 is 9.64 Å². The van der Waals surface area contributed by atoms with Crippen LogP contribution < -0.4 is 4.74 Å². The predicted octanol–water partition coefficient (Wildman–Crippen LogP) is 5.76. The molecule has 0 unspecified atom stereocenters. The van der Waals surface area contributed by atoms with Crippen LogP contribution in [-0.2, 0) is 13.2 Å². The third kappa shape index (κ3) is 4.73. The normalized spacial score (nSPS) is 13.3. The van der Waals surface area contributed by atoms with Gasteiger partial charge in [0.05, 0.1) is 12.2 Å². The van der Waals surface area contributed by atoms with Crippen LogP contribution in [0.2, 0.25) is 0 Å². The Morgan fingerprint density at radius 1 is 1.10 bits per heavy atom. The van der Waals surface area contributed by atoms with Crippen LogP contribution in [0.15, 0.2) is 41.8 Å². The predicted molar refractivity (Wildman–Crippen MR) is 121 cm³/mol. The molecule has 30 heavy (non-hydrogen) atoms. The van der Waals surface area contributed by atoms with Crippen molar-refractivity contribution in [2.24, 2.45) is 0 Å². The number of aryl methyl sites for hydroxylation is 3. The summed E-state index contributed by atoms with van der Waals surface area (Å²) in [5.74, 6) is 1.01. The molecule has 1 heterocycles. The summed E-state index contributed by atoms with van der Waals surface area (Å²) in [6.45, 7) is 9.31. The number of carbonyl (C=O) groups is 1. The lowest BCUT2D eigenvalue weighted by molar-refractivity contribution is 0.0728. The minimum atomic E-state index is 0.0918. The summed E-state index contributed by atoms with van der Waals surface area (Å²) in [6.07, 6.45) is 2.15. The van der Waals surface area contributed by atoms with Crippen LogP contribution in [0, 0.1) is 27.7 Å². The number of hydrogen-bond donors (Lipinski definition) is 0. The van der Waals surface area contributed by atoms with Crippen LogP contribution in [0.5, 0.6) is 5.75 Å². The van der Waals surface area contributed by atoms with E-state index in [1.165, 1.54) is 16.7 Å². The highest BCUT2D eigenvalue weighted by molar-refractivity contribution is 7.09. The number of ether oxygens (including phenoxy) is 1. The molecule has 1 amide bonds. The van der Waals surface area contributed by atoms with Crippen LogP contribution in [0.3, 0.4) is 0 Å². The fourth-order valence-electron chi connectivity index (χ4n) is 3.57. The van der Waals surface area contributed by atoms with Crippen LogP contribution in [-0.4, -0.2) is 21.8 Å². The van der Waals surface area contributed by atoms with Crippen molar-refractivity contribution < 1.29 is 9.53 Å². The van der Waals surface area contributed by atoms with E-state index >= 15 is 0 Å². The highest BCUT2D eigenvalue weighted by atomic mass is 32.1. The summed E-state index contributed by atoms with van der Waals surface area (Å²) < 4.78 is 6.06. The summed E-state index contributed by atoms with van der Waals surface area (Å²) in [4.78, 5) is 19.7. The zero-order valence-electron chi connectivity index (χ0n) is 18.1. The largest absolute Gasteiger partial charge is 0.486 e. The molecule has 5 heteroatoms. The highest BCUT2D eigenvalue weighted by Gasteiger charge is 2.33. The number of hydrogen-bond acceptors (Lipinski definition) is 4. The standard InChI is InChI=1S/C25H28N2O2S/c1-16-5-7-20(8-6-16)25(28)27(22-9-10-22)13-21-15-30-24(26-21)14-29-23-12-17(2)11-18(3)19(23)4/h5-8,11-12,15,22H,9-10,13-14H2,1-4H3. The van der Waals surface area contributed by atoms with Crippen molar-refractivity contribution in [3.8, 4) is 5.75 Å². The molecule has 0 bridgehead atoms. The quantitative estimate of drug-likeness (QED) is 0.488. The van der Waals surface area contributed by atoms with Crippen molar-refractivity contribution in [3.05, 3.63) is 80.3 Å². The second-order valence-electron chi connectivity index (χ2n) is 8.26. The van der Waals surface area contributed by atoms with Gasteiger partial charge in [0, 0.05) is 17.0 Å². The van der Waals surface area contributed by atoms with Gasteiger partial charge in [-0.25, -0.2) is 4.98 Å². The topological polar surface area (TPSA) is 42.4 Å². The lowest BCUT2D eigenvalue weighted by Gasteiger charge is -2.21. The van der Waals surface area contributed by atoms with Crippen LogP contribution >= 0.6 is 11.3 Å². The van der Waals surface area contributed by atoms with Gasteiger partial charge in [-0.15, -0.1) is 11.3 Å². The van der Waals surface area contributed by atoms with Gasteiger partial charge in [0.2, 0.25) is 0 Å². The molecule has 4 nitrogen and oxygen atoms in total. The molecule has 0 aliphatic heterocycles. The molecule has 0 N–H and O–H groups in total. The minimum absolute atomic E-state index is 0.0918. The summed E-state index contributed by atoms with van der Waals surface area (Å²) in [5, 5.41) is 2.98. The van der Waals surface area contributed by atoms with E-state index in [1.54, 1.807) is 11.3 Å². The molecule has 0 atom stereocenters. The third-order valence-corrected chi connectivity index (χ3v) is 6.47. The maximum Gasteiger partial charge on any atom is 0.254 e. The molecule has 0 radical (unpaired) electrons. The fraction of sp³-hybridized carbons (Fsp3) is 0.360. The molecule has 0 saturated heterocycles. The molecular formula is C25H28N2O2S. The first-order valence-corrected chi connectivity index (χ1v) is 11.3. The van der Waals surface area contributed by atoms with E-state index in [0.717, 1.165) is 40.4 Å². The Morgan fingerprint density at radius 3 is 2.53 bits per heavy atom. The number of carbonyl (C=O) groups excluding carboxylic acids is 1. The number of nitrogens with zero attached hydrogens (tertiary/aromatic N) is 2. The minimum Gasteiger partial charge on any atom is -0.486 e. The van der Waals surface area contributed by atoms with Gasteiger partial charge in [0.15, 0.2) is 0 Å². The van der Waals surface area contributed by atoms with Gasteiger partial charge in [-0.3, -0.25) is 4.79 Å². The Hall–Kier alpha value is -2.66. The number of rotatable bonds is 7. The monoisotopic (exact) mass is 420 g/mol. The average molecular weight is 421 g/mol. The van der Waals surface area contributed by atoms with Crippen LogP contribution in [0.1, 0.15) is 56.2 Å². The van der Waals surface area contributed by atoms with E-state index in [-0.39, 0.29) is 5.91 Å². The number of aromatic nitrogens is 1. The van der Waals surface area contributed by atoms with E-state index in [2.05, 4.69) is 32.9 Å². The maximum atomic E-state index is 13.0. The Morgan fingerprint density at radius 2 is 1.83 bits per heavy atom. The first-order valence-electron chi connectivity index (χ1n) is 10.4. The third-order valence-electron chi connectivity index (χ3n) is 5.59. The molecule has 4 rings (SSSR count). The first-order chi connectivity index (χ1) is 14.4. The lowest BCUT2D eigenvalue weighted by atomic mass is 10.1. The maximum absolute atomic E-state index is 13.0. The molecule has 1 aromatic heterocycles. The van der Waals surface area contributed by atoms with Gasteiger partial charge in [0.25, 0.3) is 5.91 Å². The SMILES string of the molecule is Cc1ccc(C(=O)N(Cc2csc(COc3cc(C)cc(C)c3C)n2)C2CC2)cc1. The summed E-state index contributed by atoms with van der Waals surface area (Å²) in [5.41, 5.74) is 6.44. The van der Waals surface area contributed by atoms with Crippen LogP contribution in [0.25, 0.3) is 0 Å². The van der Waals surface area contributed by atoms with Crippen LogP contribution in [0.4, 0.5) is 0 Å². The van der Waals surface area contributed by atoms with Gasteiger partial charge in [-0.05, 0) is 75.4 Å². The van der Waals surface area contributed by atoms with E-state index in [4.69, 9.17) is 9.72 Å². The second kappa shape index (κ2) is 8.60. The molecule has 1 saturated carbocycles. The van der Waals surface area contributed by atoms with Crippen molar-refractivity contribution in [2.75, 3.05) is 0 Å². The molecule has 1 aliphatic carbocycles. The fourth-order valence-corrected chi connectivity index (χ4v) is 4.26. The van der Waals surface area contributed by atoms with Crippen molar-refractivity contribution in [1.29, 1.82) is 0 Å². The molecule has 2 aromatic carbocycles. The summed E-state index contributed by atoms with van der Waals surface area (Å²) >= 11 is 1.59. The Kier molecular flexibility index (Phi) is 5.91. The zero-order chi connectivity index (χ0) is 21.3. The number of benzene rings is 2.